The van der Waals surface area contributed by atoms with Crippen molar-refractivity contribution in [1.29, 1.82) is 0 Å². The van der Waals surface area contributed by atoms with E-state index >= 15 is 0 Å². The number of aromatic nitrogens is 2. The summed E-state index contributed by atoms with van der Waals surface area (Å²) in [6.07, 6.45) is 0.306. The van der Waals surface area contributed by atoms with Crippen molar-refractivity contribution < 1.29 is 31.4 Å². The number of fused-ring (bicyclic) bond motifs is 3. The van der Waals surface area contributed by atoms with Crippen LogP contribution in [-0.2, 0) is 9.84 Å². The van der Waals surface area contributed by atoms with Crippen LogP contribution in [0, 0.1) is 5.82 Å². The summed E-state index contributed by atoms with van der Waals surface area (Å²) in [6, 6.07) is 14.4. The number of imidazole rings is 1. The molecule has 1 aromatic heterocycles. The number of rotatable bonds is 5. The molecule has 0 amide bonds. The molecule has 1 aliphatic rings. The fraction of sp³-hybridized carbons (Fsp3) is 0.208. The Morgan fingerprint density at radius 3 is 2.50 bits per heavy atom. The summed E-state index contributed by atoms with van der Waals surface area (Å²) in [7, 11) is -3.40. The fourth-order valence-electron chi connectivity index (χ4n) is 4.45. The molecule has 5 rings (SSSR count). The highest BCUT2D eigenvalue weighted by atomic mass is 32.2. The quantitative estimate of drug-likeness (QED) is 0.433. The second-order valence-corrected chi connectivity index (χ2v) is 10.2. The van der Waals surface area contributed by atoms with Gasteiger partial charge in [0.25, 0.3) is 0 Å². The Hall–Kier alpha value is -3.37. The molecule has 2 heterocycles. The maximum atomic E-state index is 15.0. The molecular weight excluding hydrogens is 469 g/mol. The van der Waals surface area contributed by atoms with Gasteiger partial charge in [-0.15, -0.1) is 0 Å². The Labute approximate surface area is 193 Å². The first-order valence-electron chi connectivity index (χ1n) is 10.4. The third-order valence-electron chi connectivity index (χ3n) is 5.95. The van der Waals surface area contributed by atoms with Crippen LogP contribution in [0.4, 0.5) is 13.2 Å². The average molecular weight is 488 g/mol. The summed E-state index contributed by atoms with van der Waals surface area (Å²) in [5.41, 5.74) is 1.93. The lowest BCUT2D eigenvalue weighted by Crippen LogP contribution is -2.10. The first kappa shape index (κ1) is 22.4. The van der Waals surface area contributed by atoms with E-state index in [9.17, 15) is 26.7 Å². The predicted octanol–water partition coefficient (Wildman–Crippen LogP) is 4.87. The summed E-state index contributed by atoms with van der Waals surface area (Å²) < 4.78 is 70.8. The molecule has 0 saturated heterocycles. The van der Waals surface area contributed by atoms with Crippen molar-refractivity contribution in [3.8, 4) is 16.9 Å². The van der Waals surface area contributed by atoms with Gasteiger partial charge in [-0.25, -0.2) is 17.8 Å². The monoisotopic (exact) mass is 488 g/mol. The second-order valence-electron chi connectivity index (χ2n) is 8.14. The minimum Gasteiger partial charge on any atom is -0.434 e. The molecule has 0 fully saturated rings. The van der Waals surface area contributed by atoms with Crippen molar-refractivity contribution in [2.75, 3.05) is 6.26 Å². The number of nitrogens with zero attached hydrogens (tertiary/aromatic N) is 2. The molecule has 1 N–H and O–H groups in total. The molecule has 0 spiro atoms. The molecule has 0 aliphatic carbocycles. The maximum Gasteiger partial charge on any atom is 0.387 e. The minimum absolute atomic E-state index is 0.0110. The van der Waals surface area contributed by atoms with Gasteiger partial charge < -0.3 is 14.4 Å². The van der Waals surface area contributed by atoms with Crippen LogP contribution in [0.2, 0.25) is 0 Å². The summed E-state index contributed by atoms with van der Waals surface area (Å²) in [5, 5.41) is 10.6. The molecule has 1 aliphatic heterocycles. The van der Waals surface area contributed by atoms with E-state index in [1.807, 2.05) is 0 Å². The van der Waals surface area contributed by atoms with Crippen LogP contribution in [0.25, 0.3) is 22.2 Å². The number of alkyl halides is 2. The molecule has 176 valence electrons. The zero-order valence-electron chi connectivity index (χ0n) is 17.8. The third kappa shape index (κ3) is 3.82. The molecule has 10 heteroatoms. The van der Waals surface area contributed by atoms with Gasteiger partial charge in [0.05, 0.1) is 22.0 Å². The lowest BCUT2D eigenvalue weighted by atomic mass is 10.0. The first-order chi connectivity index (χ1) is 16.1. The lowest BCUT2D eigenvalue weighted by Gasteiger charge is -2.19. The standard InChI is InChI=1S/C24H19F3N2O4S/c1-34(31,32)14-8-6-13(7-9-14)16-10-20-18(11-17(16)25)28-23-21(30)12-19(29(20)23)15-4-2-3-5-22(15)33-24(26)27/h2-11,19,21,24,30H,12H2,1H3/t19-,21+/m0/s1. The van der Waals surface area contributed by atoms with Crippen molar-refractivity contribution in [1.82, 2.24) is 9.55 Å². The number of ether oxygens (including phenoxy) is 1. The van der Waals surface area contributed by atoms with E-state index in [-0.39, 0.29) is 22.6 Å². The van der Waals surface area contributed by atoms with Crippen molar-refractivity contribution in [2.24, 2.45) is 0 Å². The zero-order valence-corrected chi connectivity index (χ0v) is 18.6. The number of sulfone groups is 1. The molecule has 0 unspecified atom stereocenters. The minimum atomic E-state index is -3.40. The largest absolute Gasteiger partial charge is 0.434 e. The van der Waals surface area contributed by atoms with Crippen LogP contribution in [0.1, 0.15) is 30.0 Å². The van der Waals surface area contributed by atoms with Gasteiger partial charge in [0.2, 0.25) is 0 Å². The van der Waals surface area contributed by atoms with Gasteiger partial charge in [0.15, 0.2) is 9.84 Å². The number of halogens is 3. The molecular formula is C24H19F3N2O4S. The highest BCUT2D eigenvalue weighted by Gasteiger charge is 2.36. The van der Waals surface area contributed by atoms with E-state index in [4.69, 9.17) is 0 Å². The zero-order chi connectivity index (χ0) is 24.2. The van der Waals surface area contributed by atoms with E-state index in [2.05, 4.69) is 9.72 Å². The summed E-state index contributed by atoms with van der Waals surface area (Å²) in [5.74, 6) is -0.275. The van der Waals surface area contributed by atoms with Crippen molar-refractivity contribution >= 4 is 20.9 Å². The predicted molar refractivity (Wildman–Crippen MR) is 119 cm³/mol. The van der Waals surface area contributed by atoms with Gasteiger partial charge in [0.1, 0.15) is 23.5 Å². The van der Waals surface area contributed by atoms with Gasteiger partial charge in [0, 0.05) is 29.9 Å². The van der Waals surface area contributed by atoms with E-state index < -0.39 is 34.4 Å². The topological polar surface area (TPSA) is 81.4 Å². The Morgan fingerprint density at radius 2 is 1.82 bits per heavy atom. The second kappa shape index (κ2) is 8.14. The van der Waals surface area contributed by atoms with E-state index in [1.165, 1.54) is 36.4 Å². The Bertz CT molecular complexity index is 1500. The van der Waals surface area contributed by atoms with Crippen LogP contribution in [-0.4, -0.2) is 35.9 Å². The number of para-hydroxylation sites is 1. The highest BCUT2D eigenvalue weighted by molar-refractivity contribution is 7.90. The maximum absolute atomic E-state index is 15.0. The first-order valence-corrected chi connectivity index (χ1v) is 12.3. The van der Waals surface area contributed by atoms with Crippen molar-refractivity contribution in [2.45, 2.75) is 30.1 Å². The lowest BCUT2D eigenvalue weighted by molar-refractivity contribution is -0.0507. The Morgan fingerprint density at radius 1 is 1.12 bits per heavy atom. The van der Waals surface area contributed by atoms with Gasteiger partial charge in [-0.3, -0.25) is 0 Å². The molecule has 0 bridgehead atoms. The number of hydrogen-bond donors (Lipinski definition) is 1. The molecule has 34 heavy (non-hydrogen) atoms. The van der Waals surface area contributed by atoms with Crippen molar-refractivity contribution in [3.05, 3.63) is 77.9 Å². The molecule has 6 nitrogen and oxygen atoms in total. The molecule has 4 aromatic rings. The normalized spacial score (nSPS) is 17.9. The van der Waals surface area contributed by atoms with Crippen LogP contribution >= 0.6 is 0 Å². The Balaban J connectivity index is 1.65. The molecule has 3 aromatic carbocycles. The highest BCUT2D eigenvalue weighted by Crippen LogP contribution is 2.44. The van der Waals surface area contributed by atoms with Crippen LogP contribution in [0.3, 0.4) is 0 Å². The fourth-order valence-corrected chi connectivity index (χ4v) is 5.08. The summed E-state index contributed by atoms with van der Waals surface area (Å²) >= 11 is 0. The van der Waals surface area contributed by atoms with Gasteiger partial charge >= 0.3 is 6.61 Å². The van der Waals surface area contributed by atoms with Crippen LogP contribution in [0.5, 0.6) is 5.75 Å². The van der Waals surface area contributed by atoms with Gasteiger partial charge in [-0.2, -0.15) is 8.78 Å². The van der Waals surface area contributed by atoms with Crippen molar-refractivity contribution in [3.63, 3.8) is 0 Å². The molecule has 2 atom stereocenters. The third-order valence-corrected chi connectivity index (χ3v) is 7.08. The summed E-state index contributed by atoms with van der Waals surface area (Å²) in [6.45, 7) is -3.01. The smallest absolute Gasteiger partial charge is 0.387 e. The van der Waals surface area contributed by atoms with E-state index in [0.29, 0.717) is 28.0 Å². The number of aliphatic hydroxyl groups excluding tert-OH is 1. The Kier molecular flexibility index (Phi) is 5.37. The van der Waals surface area contributed by atoms with E-state index in [1.54, 1.807) is 28.8 Å². The van der Waals surface area contributed by atoms with Crippen LogP contribution in [0.15, 0.2) is 65.6 Å². The summed E-state index contributed by atoms with van der Waals surface area (Å²) in [4.78, 5) is 4.50. The van der Waals surface area contributed by atoms with E-state index in [0.717, 1.165) is 6.26 Å². The average Bonchev–Trinajstić information content (AvgIpc) is 3.29. The SMILES string of the molecule is CS(=O)(=O)c1ccc(-c2cc3c(cc2F)nc2n3[C@H](c3ccccc3OC(F)F)C[C@H]2O)cc1. The number of aliphatic hydroxyl groups is 1. The van der Waals surface area contributed by atoms with Gasteiger partial charge in [-0.05, 0) is 29.8 Å². The number of benzene rings is 3. The number of hydrogen-bond acceptors (Lipinski definition) is 5. The van der Waals surface area contributed by atoms with Gasteiger partial charge in [-0.1, -0.05) is 30.3 Å². The molecule has 0 saturated carbocycles. The molecule has 0 radical (unpaired) electrons. The van der Waals surface area contributed by atoms with Crippen LogP contribution < -0.4 is 4.74 Å².